The Morgan fingerprint density at radius 3 is 2.44 bits per heavy atom. The van der Waals surface area contributed by atoms with Gasteiger partial charge in [-0.15, -0.1) is 0 Å². The highest BCUT2D eigenvalue weighted by Gasteiger charge is 2.15. The lowest BCUT2D eigenvalue weighted by Crippen LogP contribution is -2.32. The van der Waals surface area contributed by atoms with Gasteiger partial charge in [0.2, 0.25) is 10.0 Å². The molecule has 0 saturated heterocycles. The molecule has 0 aliphatic rings. The van der Waals surface area contributed by atoms with E-state index in [1.807, 2.05) is 6.92 Å². The maximum absolute atomic E-state index is 12.1. The maximum atomic E-state index is 12.1. The number of carbonyl (C=O) groups is 2. The molecule has 0 bridgehead atoms. The summed E-state index contributed by atoms with van der Waals surface area (Å²) >= 11 is 0. The zero-order valence-electron chi connectivity index (χ0n) is 15.2. The van der Waals surface area contributed by atoms with Gasteiger partial charge in [0, 0.05) is 10.8 Å². The predicted molar refractivity (Wildman–Crippen MR) is 103 cm³/mol. The number of nitrogens with two attached hydrogens (primary N) is 1. The van der Waals surface area contributed by atoms with Crippen LogP contribution in [0.15, 0.2) is 41.3 Å². The Hall–Kier alpha value is -2.65. The average Bonchev–Trinajstić information content (AvgIpc) is 2.63. The van der Waals surface area contributed by atoms with Gasteiger partial charge < -0.3 is 15.4 Å². The van der Waals surface area contributed by atoms with Gasteiger partial charge in [-0.3, -0.25) is 4.79 Å². The van der Waals surface area contributed by atoms with E-state index in [-0.39, 0.29) is 29.9 Å². The third-order valence-electron chi connectivity index (χ3n) is 4.09. The number of amides is 2. The van der Waals surface area contributed by atoms with Crippen molar-refractivity contribution in [2.24, 2.45) is 11.1 Å². The summed E-state index contributed by atoms with van der Waals surface area (Å²) in [5, 5.41) is 11.4. The summed E-state index contributed by atoms with van der Waals surface area (Å²) in [6.07, 6.45) is 0.689. The lowest BCUT2D eigenvalue weighted by atomic mass is 10.1. The van der Waals surface area contributed by atoms with Crippen LogP contribution in [-0.2, 0) is 19.6 Å². The first-order chi connectivity index (χ1) is 12.7. The van der Waals surface area contributed by atoms with Crippen LogP contribution in [-0.4, -0.2) is 33.6 Å². The second-order valence-corrected chi connectivity index (χ2v) is 7.59. The number of ether oxygens (including phenoxy) is 1. The normalized spacial score (nSPS) is 12.4. The molecule has 1 atom stereocenters. The summed E-state index contributed by atoms with van der Waals surface area (Å²) in [4.78, 5) is 23.6. The highest BCUT2D eigenvalue weighted by atomic mass is 32.2. The molecular formula is C18H23N3O5S. The van der Waals surface area contributed by atoms with Crippen LogP contribution in [0.25, 0.3) is 10.8 Å². The number of sulfonamides is 1. The van der Waals surface area contributed by atoms with Gasteiger partial charge in [-0.2, -0.15) is 0 Å². The molecule has 2 amide bonds. The number of hydrogen-bond donors (Lipinski definition) is 3. The molecule has 0 saturated carbocycles. The van der Waals surface area contributed by atoms with Gasteiger partial charge in [0.05, 0.1) is 23.0 Å². The molecule has 2 rings (SSSR count). The molecule has 2 aromatic carbocycles. The van der Waals surface area contributed by atoms with E-state index in [9.17, 15) is 18.0 Å². The molecule has 0 aliphatic heterocycles. The van der Waals surface area contributed by atoms with Crippen LogP contribution in [0.5, 0.6) is 0 Å². The first kappa shape index (κ1) is 20.7. The quantitative estimate of drug-likeness (QED) is 0.491. The van der Waals surface area contributed by atoms with E-state index in [4.69, 9.17) is 9.88 Å². The Morgan fingerprint density at radius 1 is 1.15 bits per heavy atom. The molecule has 0 aromatic heterocycles. The third-order valence-corrected chi connectivity index (χ3v) is 5.05. The second-order valence-electron chi connectivity index (χ2n) is 6.06. The lowest BCUT2D eigenvalue weighted by Gasteiger charge is -2.13. The van der Waals surface area contributed by atoms with E-state index < -0.39 is 16.1 Å². The zero-order valence-corrected chi connectivity index (χ0v) is 16.0. The average molecular weight is 393 g/mol. The van der Waals surface area contributed by atoms with Crippen molar-refractivity contribution in [2.75, 3.05) is 18.5 Å². The monoisotopic (exact) mass is 393 g/mol. The summed E-state index contributed by atoms with van der Waals surface area (Å²) < 4.78 is 28.5. The minimum Gasteiger partial charge on any atom is -0.464 e. The Labute approximate surface area is 158 Å². The highest BCUT2D eigenvalue weighted by molar-refractivity contribution is 7.89. The van der Waals surface area contributed by atoms with Crippen molar-refractivity contribution in [2.45, 2.75) is 25.2 Å². The number of primary sulfonamides is 1. The van der Waals surface area contributed by atoms with E-state index in [0.29, 0.717) is 22.9 Å². The third kappa shape index (κ3) is 5.41. The van der Waals surface area contributed by atoms with Crippen molar-refractivity contribution < 1.29 is 22.7 Å². The lowest BCUT2D eigenvalue weighted by molar-refractivity contribution is -0.147. The molecule has 0 fully saturated rings. The topological polar surface area (TPSA) is 128 Å². The molecule has 0 spiro atoms. The van der Waals surface area contributed by atoms with E-state index in [0.717, 1.165) is 0 Å². The Kier molecular flexibility index (Phi) is 6.75. The number of urea groups is 1. The Bertz CT molecular complexity index is 943. The number of rotatable bonds is 7. The van der Waals surface area contributed by atoms with Gasteiger partial charge in [0.1, 0.15) is 6.61 Å². The number of nitrogens with one attached hydrogen (secondary N) is 2. The molecule has 2 aromatic rings. The van der Waals surface area contributed by atoms with Gasteiger partial charge >= 0.3 is 12.0 Å². The number of hydrogen-bond acceptors (Lipinski definition) is 5. The first-order valence-corrected chi connectivity index (χ1v) is 10.0. The number of fused-ring (bicyclic) bond motifs is 1. The van der Waals surface area contributed by atoms with Crippen molar-refractivity contribution in [3.8, 4) is 0 Å². The van der Waals surface area contributed by atoms with E-state index in [1.165, 1.54) is 12.1 Å². The SMILES string of the molecule is CCC(C)C(=O)OCCNC(=O)Nc1ccc(S(N)(=O)=O)c2ccccc12. The van der Waals surface area contributed by atoms with Gasteiger partial charge in [-0.25, -0.2) is 18.4 Å². The smallest absolute Gasteiger partial charge is 0.319 e. The van der Waals surface area contributed by atoms with Crippen molar-refractivity contribution in [3.63, 3.8) is 0 Å². The van der Waals surface area contributed by atoms with Crippen LogP contribution in [0.3, 0.4) is 0 Å². The van der Waals surface area contributed by atoms with Gasteiger partial charge in [0.25, 0.3) is 0 Å². The first-order valence-electron chi connectivity index (χ1n) is 8.50. The number of benzene rings is 2. The summed E-state index contributed by atoms with van der Waals surface area (Å²) in [6, 6.07) is 9.05. The van der Waals surface area contributed by atoms with Crippen LogP contribution in [0.1, 0.15) is 20.3 Å². The number of carbonyl (C=O) groups excluding carboxylic acids is 2. The van der Waals surface area contributed by atoms with E-state index in [1.54, 1.807) is 31.2 Å². The predicted octanol–water partition coefficient (Wildman–Crippen LogP) is 2.20. The molecule has 0 aliphatic carbocycles. The second kappa shape index (κ2) is 8.83. The zero-order chi connectivity index (χ0) is 20.0. The fourth-order valence-electron chi connectivity index (χ4n) is 2.42. The van der Waals surface area contributed by atoms with Gasteiger partial charge in [0.15, 0.2) is 0 Å². The molecule has 0 heterocycles. The molecule has 4 N–H and O–H groups in total. The molecule has 27 heavy (non-hydrogen) atoms. The molecule has 9 heteroatoms. The summed E-state index contributed by atoms with van der Waals surface area (Å²) in [5.41, 5.74) is 0.437. The minimum atomic E-state index is -3.89. The van der Waals surface area contributed by atoms with Crippen LogP contribution in [0, 0.1) is 5.92 Å². The number of anilines is 1. The summed E-state index contributed by atoms with van der Waals surface area (Å²) in [5.74, 6) is -0.480. The maximum Gasteiger partial charge on any atom is 0.319 e. The fourth-order valence-corrected chi connectivity index (χ4v) is 3.16. The van der Waals surface area contributed by atoms with Gasteiger partial charge in [-0.1, -0.05) is 38.1 Å². The Morgan fingerprint density at radius 2 is 1.81 bits per heavy atom. The van der Waals surface area contributed by atoms with Crippen molar-refractivity contribution in [3.05, 3.63) is 36.4 Å². The van der Waals surface area contributed by atoms with E-state index >= 15 is 0 Å². The largest absolute Gasteiger partial charge is 0.464 e. The summed E-state index contributed by atoms with van der Waals surface area (Å²) in [6.45, 7) is 3.89. The number of esters is 1. The van der Waals surface area contributed by atoms with E-state index in [2.05, 4.69) is 10.6 Å². The summed E-state index contributed by atoms with van der Waals surface area (Å²) in [7, 11) is -3.89. The van der Waals surface area contributed by atoms with Crippen molar-refractivity contribution in [1.29, 1.82) is 0 Å². The fraction of sp³-hybridized carbons (Fsp3) is 0.333. The molecule has 1 unspecified atom stereocenters. The van der Waals surface area contributed by atoms with Crippen LogP contribution >= 0.6 is 0 Å². The van der Waals surface area contributed by atoms with Crippen molar-refractivity contribution in [1.82, 2.24) is 5.32 Å². The van der Waals surface area contributed by atoms with Crippen molar-refractivity contribution >= 4 is 38.5 Å². The minimum absolute atomic E-state index is 0.0129. The standard InChI is InChI=1S/C18H23N3O5S/c1-3-12(2)17(22)26-11-10-20-18(23)21-15-8-9-16(27(19,24)25)14-7-5-4-6-13(14)15/h4-9,12H,3,10-11H2,1-2H3,(H2,19,24,25)(H2,20,21,23). The molecule has 0 radical (unpaired) electrons. The highest BCUT2D eigenvalue weighted by Crippen LogP contribution is 2.28. The van der Waals surface area contributed by atoms with Gasteiger partial charge in [-0.05, 0) is 18.6 Å². The van der Waals surface area contributed by atoms with Crippen LogP contribution in [0.2, 0.25) is 0 Å². The van der Waals surface area contributed by atoms with Crippen LogP contribution < -0.4 is 15.8 Å². The Balaban J connectivity index is 2.02. The molecule has 8 nitrogen and oxygen atoms in total. The molecular weight excluding hydrogens is 370 g/mol. The van der Waals surface area contributed by atoms with Crippen LogP contribution in [0.4, 0.5) is 10.5 Å². The molecule has 146 valence electrons.